The van der Waals surface area contributed by atoms with Crippen molar-refractivity contribution >= 4 is 27.8 Å². The Morgan fingerprint density at radius 1 is 0.949 bits per heavy atom. The molecule has 0 saturated heterocycles. The number of rotatable bonds is 5. The van der Waals surface area contributed by atoms with E-state index >= 15 is 0 Å². The van der Waals surface area contributed by atoms with Crippen LogP contribution < -0.4 is 5.32 Å². The van der Waals surface area contributed by atoms with Crippen molar-refractivity contribution in [1.82, 2.24) is 14.5 Å². The molecule has 0 bridgehead atoms. The molecule has 0 radical (unpaired) electrons. The molecule has 2 saturated carbocycles. The Balaban J connectivity index is 1.38. The smallest absolute Gasteiger partial charge is 0.335 e. The molecule has 0 spiro atoms. The van der Waals surface area contributed by atoms with Gasteiger partial charge in [-0.15, -0.1) is 0 Å². The van der Waals surface area contributed by atoms with E-state index in [9.17, 15) is 9.90 Å². The van der Waals surface area contributed by atoms with E-state index in [2.05, 4.69) is 51.8 Å². The summed E-state index contributed by atoms with van der Waals surface area (Å²) in [5, 5.41) is 16.3. The zero-order valence-corrected chi connectivity index (χ0v) is 23.2. The Hall–Kier alpha value is -3.05. The van der Waals surface area contributed by atoms with Gasteiger partial charge in [-0.05, 0) is 80.0 Å². The molecule has 0 atom stereocenters. The predicted octanol–water partition coefficient (Wildman–Crippen LogP) is 8.08. The van der Waals surface area contributed by atoms with Gasteiger partial charge in [0.1, 0.15) is 0 Å². The molecule has 2 aliphatic carbocycles. The number of carboxylic acids is 1. The quantitative estimate of drug-likeness (QED) is 0.278. The Morgan fingerprint density at radius 2 is 1.77 bits per heavy atom. The van der Waals surface area contributed by atoms with Crippen molar-refractivity contribution in [1.29, 1.82) is 0 Å². The average molecular weight is 524 g/mol. The van der Waals surface area contributed by atoms with E-state index < -0.39 is 5.97 Å². The highest BCUT2D eigenvalue weighted by atomic mass is 16.4. The summed E-state index contributed by atoms with van der Waals surface area (Å²) in [5.74, 6) is 0.546. The third-order valence-corrected chi connectivity index (χ3v) is 9.98. The lowest BCUT2D eigenvalue weighted by Crippen LogP contribution is -2.32. The number of hydrogen-bond donors (Lipinski definition) is 2. The molecule has 2 aromatic heterocycles. The van der Waals surface area contributed by atoms with Crippen LogP contribution in [0.15, 0.2) is 42.6 Å². The first-order valence-electron chi connectivity index (χ1n) is 15.3. The summed E-state index contributed by atoms with van der Waals surface area (Å²) in [4.78, 5) is 11.9. The van der Waals surface area contributed by atoms with Crippen LogP contribution in [0.25, 0.3) is 33.1 Å². The van der Waals surface area contributed by atoms with Crippen LogP contribution >= 0.6 is 0 Å². The molecule has 7 rings (SSSR count). The number of nitrogens with one attached hydrogen (secondary N) is 1. The summed E-state index contributed by atoms with van der Waals surface area (Å²) in [6.45, 7) is 5.19. The number of nitrogens with zero attached hydrogens (tertiary/aromatic N) is 2. The molecule has 2 fully saturated rings. The second-order valence-electron chi connectivity index (χ2n) is 12.5. The second-order valence-corrected chi connectivity index (χ2v) is 12.5. The van der Waals surface area contributed by atoms with Gasteiger partial charge in [0.15, 0.2) is 0 Å². The molecular formula is C34H41N3O2. The van der Waals surface area contributed by atoms with Crippen molar-refractivity contribution < 1.29 is 9.90 Å². The van der Waals surface area contributed by atoms with E-state index in [0.29, 0.717) is 17.5 Å². The van der Waals surface area contributed by atoms with Gasteiger partial charge in [-0.3, -0.25) is 0 Å². The summed E-state index contributed by atoms with van der Waals surface area (Å²) in [5.41, 5.74) is 8.35. The molecule has 5 nitrogen and oxygen atoms in total. The van der Waals surface area contributed by atoms with Crippen LogP contribution in [0.2, 0.25) is 0 Å². The van der Waals surface area contributed by atoms with Gasteiger partial charge in [0.2, 0.25) is 0 Å². The number of benzene rings is 2. The summed E-state index contributed by atoms with van der Waals surface area (Å²) in [7, 11) is 0. The monoisotopic (exact) mass is 523 g/mol. The summed E-state index contributed by atoms with van der Waals surface area (Å²) in [6.07, 6.45) is 15.0. The van der Waals surface area contributed by atoms with Gasteiger partial charge in [0.05, 0.1) is 16.8 Å². The molecule has 3 heterocycles. The molecule has 4 aromatic rings. The molecule has 204 valence electrons. The van der Waals surface area contributed by atoms with E-state index in [1.165, 1.54) is 96.5 Å². The predicted molar refractivity (Wildman–Crippen MR) is 159 cm³/mol. The Kier molecular flexibility index (Phi) is 6.50. The third-order valence-electron chi connectivity index (χ3n) is 9.98. The largest absolute Gasteiger partial charge is 0.478 e. The van der Waals surface area contributed by atoms with Gasteiger partial charge in [0.25, 0.3) is 0 Å². The Bertz CT molecular complexity index is 1530. The molecule has 0 amide bonds. The summed E-state index contributed by atoms with van der Waals surface area (Å²) < 4.78 is 4.98. The zero-order valence-electron chi connectivity index (χ0n) is 23.2. The van der Waals surface area contributed by atoms with Crippen molar-refractivity contribution in [3.8, 4) is 11.3 Å². The first kappa shape index (κ1) is 25.0. The fourth-order valence-electron chi connectivity index (χ4n) is 7.90. The minimum Gasteiger partial charge on any atom is -0.478 e. The third kappa shape index (κ3) is 4.39. The van der Waals surface area contributed by atoms with Crippen LogP contribution in [-0.2, 0) is 19.6 Å². The zero-order chi connectivity index (χ0) is 26.5. The fraction of sp³-hybridized carbons (Fsp3) is 0.500. The van der Waals surface area contributed by atoms with Crippen molar-refractivity contribution in [2.45, 2.75) is 103 Å². The highest BCUT2D eigenvalue weighted by molar-refractivity contribution is 6.03. The van der Waals surface area contributed by atoms with Crippen LogP contribution in [0.3, 0.4) is 0 Å². The number of carbonyl (C=O) groups is 1. The lowest BCUT2D eigenvalue weighted by molar-refractivity contribution is 0.0697. The highest BCUT2D eigenvalue weighted by Crippen LogP contribution is 2.47. The minimum absolute atomic E-state index is 0.382. The maximum Gasteiger partial charge on any atom is 0.335 e. The summed E-state index contributed by atoms with van der Waals surface area (Å²) in [6, 6.07) is 13.3. The van der Waals surface area contributed by atoms with Gasteiger partial charge >= 0.3 is 5.97 Å². The molecule has 2 N–H and O–H groups in total. The van der Waals surface area contributed by atoms with E-state index in [1.807, 2.05) is 12.1 Å². The van der Waals surface area contributed by atoms with Gasteiger partial charge in [-0.2, -0.15) is 0 Å². The first-order valence-corrected chi connectivity index (χ1v) is 15.3. The summed E-state index contributed by atoms with van der Waals surface area (Å²) >= 11 is 0. The molecule has 2 aromatic carbocycles. The first-order chi connectivity index (χ1) is 19.1. The lowest BCUT2D eigenvalue weighted by atomic mass is 9.81. The molecule has 1 aliphatic heterocycles. The van der Waals surface area contributed by atoms with Crippen LogP contribution in [0, 0.1) is 5.92 Å². The Morgan fingerprint density at radius 3 is 2.56 bits per heavy atom. The number of hydrogen-bond acceptors (Lipinski definition) is 2. The van der Waals surface area contributed by atoms with Gasteiger partial charge in [0, 0.05) is 53.7 Å². The normalized spacial score (nSPS) is 22.1. The van der Waals surface area contributed by atoms with Gasteiger partial charge < -0.3 is 19.6 Å². The maximum atomic E-state index is 11.9. The molecule has 3 aliphatic rings. The molecule has 5 heteroatoms. The number of fused-ring (bicyclic) bond motifs is 4. The number of para-hydroxylation sites is 1. The van der Waals surface area contributed by atoms with E-state index in [1.54, 1.807) is 0 Å². The molecule has 39 heavy (non-hydrogen) atoms. The van der Waals surface area contributed by atoms with Crippen molar-refractivity contribution in [3.05, 3.63) is 59.3 Å². The number of aromatic nitrogens is 2. The second kappa shape index (κ2) is 10.2. The van der Waals surface area contributed by atoms with E-state index in [-0.39, 0.29) is 0 Å². The highest BCUT2D eigenvalue weighted by Gasteiger charge is 2.29. The van der Waals surface area contributed by atoms with Crippen LogP contribution in [0.4, 0.5) is 0 Å². The van der Waals surface area contributed by atoms with E-state index in [0.717, 1.165) is 37.5 Å². The lowest BCUT2D eigenvalue weighted by Gasteiger charge is -2.27. The standard InChI is InChI=1S/C34H41N3O2/c1-22-11-14-26(15-12-22)35-20-25-21-36-17-6-18-37-30-19-24(34(38)39)13-16-28(30)31(23-7-3-2-4-8-23)33(37)29-10-5-9-27(25)32(29)36/h5,9-10,13,16,19,21-23,26,35H,2-4,6-8,11-12,14-15,17-18,20H2,1H3,(H,38,39). The fourth-order valence-corrected chi connectivity index (χ4v) is 7.90. The number of aromatic carboxylic acids is 1. The number of carboxylic acid groups (broad SMARTS) is 1. The SMILES string of the molecule is CC1CCC(NCc2cn3c4c(cccc24)-c2c(C4CCCCC4)c4ccc(C(=O)O)cc4n2CCC3)CC1. The van der Waals surface area contributed by atoms with E-state index in [4.69, 9.17) is 0 Å². The van der Waals surface area contributed by atoms with Crippen molar-refractivity contribution in [3.63, 3.8) is 0 Å². The van der Waals surface area contributed by atoms with Crippen LogP contribution in [-0.4, -0.2) is 26.3 Å². The van der Waals surface area contributed by atoms with Crippen LogP contribution in [0.5, 0.6) is 0 Å². The maximum absolute atomic E-state index is 11.9. The Labute approximate surface area is 231 Å². The van der Waals surface area contributed by atoms with Crippen molar-refractivity contribution in [2.75, 3.05) is 0 Å². The van der Waals surface area contributed by atoms with Crippen LogP contribution in [0.1, 0.15) is 98.5 Å². The average Bonchev–Trinajstić information content (AvgIpc) is 3.47. The number of aryl methyl sites for hydroxylation is 2. The van der Waals surface area contributed by atoms with Gasteiger partial charge in [-0.1, -0.05) is 50.5 Å². The van der Waals surface area contributed by atoms with Crippen molar-refractivity contribution in [2.24, 2.45) is 5.92 Å². The topological polar surface area (TPSA) is 59.2 Å². The molecular weight excluding hydrogens is 482 g/mol. The van der Waals surface area contributed by atoms with Gasteiger partial charge in [-0.25, -0.2) is 4.79 Å². The minimum atomic E-state index is -0.849. The molecule has 0 unspecified atom stereocenters.